The minimum absolute atomic E-state index is 0.140. The van der Waals surface area contributed by atoms with Gasteiger partial charge >= 0.3 is 5.69 Å². The fraction of sp³-hybridized carbons (Fsp3) is 0.235. The lowest BCUT2D eigenvalue weighted by Crippen LogP contribution is -2.24. The molecule has 3 aromatic rings. The molecule has 2 aromatic heterocycles. The van der Waals surface area contributed by atoms with Crippen molar-refractivity contribution in [3.05, 3.63) is 53.0 Å². The van der Waals surface area contributed by atoms with Crippen LogP contribution in [0.4, 0.5) is 23.0 Å². The number of anilines is 3. The maximum absolute atomic E-state index is 11.7. The minimum Gasteiger partial charge on any atom is -0.351 e. The first-order valence-corrected chi connectivity index (χ1v) is 8.00. The van der Waals surface area contributed by atoms with Crippen molar-refractivity contribution in [1.82, 2.24) is 15.0 Å². The van der Waals surface area contributed by atoms with Crippen molar-refractivity contribution in [2.45, 2.75) is 13.8 Å². The zero-order chi connectivity index (χ0) is 17.8. The van der Waals surface area contributed by atoms with E-state index in [1.165, 1.54) is 6.33 Å². The van der Waals surface area contributed by atoms with E-state index in [2.05, 4.69) is 20.3 Å². The molecule has 0 amide bonds. The van der Waals surface area contributed by atoms with Crippen LogP contribution < -0.4 is 10.2 Å². The number of nitrogens with one attached hydrogen (secondary N) is 1. The molecule has 3 rings (SSSR count). The Morgan fingerprint density at radius 2 is 1.88 bits per heavy atom. The predicted molar refractivity (Wildman–Crippen MR) is 97.3 cm³/mol. The molecule has 0 fully saturated rings. The third-order valence-corrected chi connectivity index (χ3v) is 3.93. The predicted octanol–water partition coefficient (Wildman–Crippen LogP) is 3.52. The Morgan fingerprint density at radius 3 is 2.60 bits per heavy atom. The van der Waals surface area contributed by atoms with Gasteiger partial charge in [-0.2, -0.15) is 0 Å². The smallest absolute Gasteiger partial charge is 0.351 e. The van der Waals surface area contributed by atoms with E-state index in [4.69, 9.17) is 0 Å². The van der Waals surface area contributed by atoms with E-state index in [1.807, 2.05) is 49.1 Å². The molecule has 0 aliphatic heterocycles. The molecule has 8 nitrogen and oxygen atoms in total. The average Bonchev–Trinajstić information content (AvgIpc) is 2.63. The lowest BCUT2D eigenvalue weighted by Gasteiger charge is -2.20. The van der Waals surface area contributed by atoms with Crippen molar-refractivity contribution in [3.63, 3.8) is 0 Å². The molecule has 128 valence electrons. The number of hydrogen-bond donors (Lipinski definition) is 1. The fourth-order valence-corrected chi connectivity index (χ4v) is 2.72. The minimum atomic E-state index is -0.450. The van der Waals surface area contributed by atoms with Gasteiger partial charge in [-0.25, -0.2) is 9.97 Å². The number of rotatable bonds is 6. The van der Waals surface area contributed by atoms with Gasteiger partial charge in [0.1, 0.15) is 6.33 Å². The summed E-state index contributed by atoms with van der Waals surface area (Å²) in [6.07, 6.45) is 3.02. The fourth-order valence-electron chi connectivity index (χ4n) is 2.72. The van der Waals surface area contributed by atoms with E-state index < -0.39 is 4.92 Å². The van der Waals surface area contributed by atoms with Crippen LogP contribution in [0.5, 0.6) is 0 Å². The molecule has 0 atom stereocenters. The second-order valence-electron chi connectivity index (χ2n) is 5.33. The van der Waals surface area contributed by atoms with Crippen LogP contribution in [0.15, 0.2) is 42.9 Å². The van der Waals surface area contributed by atoms with E-state index >= 15 is 0 Å². The summed E-state index contributed by atoms with van der Waals surface area (Å²) in [5.41, 5.74) is 1.24. The lowest BCUT2D eigenvalue weighted by molar-refractivity contribution is -0.383. The molecule has 0 aliphatic rings. The second-order valence-corrected chi connectivity index (χ2v) is 5.33. The molecule has 8 heteroatoms. The highest BCUT2D eigenvalue weighted by Gasteiger charge is 2.26. The Morgan fingerprint density at radius 1 is 1.12 bits per heavy atom. The van der Waals surface area contributed by atoms with Crippen LogP contribution in [0, 0.1) is 10.1 Å². The van der Waals surface area contributed by atoms with Gasteiger partial charge in [0, 0.05) is 24.7 Å². The van der Waals surface area contributed by atoms with Crippen LogP contribution in [-0.4, -0.2) is 33.0 Å². The quantitative estimate of drug-likeness (QED) is 0.542. The number of benzene rings is 1. The Labute approximate surface area is 144 Å². The monoisotopic (exact) mass is 338 g/mol. The molecule has 0 spiro atoms. The zero-order valence-electron chi connectivity index (χ0n) is 14.0. The van der Waals surface area contributed by atoms with E-state index in [-0.39, 0.29) is 11.5 Å². The van der Waals surface area contributed by atoms with E-state index in [0.29, 0.717) is 24.6 Å². The molecule has 0 unspecified atom stereocenters. The number of hydrogen-bond acceptors (Lipinski definition) is 7. The molecule has 0 radical (unpaired) electrons. The molecule has 1 N–H and O–H groups in total. The third kappa shape index (κ3) is 3.18. The molecule has 0 saturated carbocycles. The first kappa shape index (κ1) is 16.6. The standard InChI is InChI=1S/C17H18N6O2/c1-3-22(4-2)17-15(23(24)25)16(19-11-20-17)21-13-9-5-7-12-8-6-10-18-14(12)13/h5-11H,3-4H2,1-2H3,(H,19,20,21). The molecule has 25 heavy (non-hydrogen) atoms. The van der Waals surface area contributed by atoms with Gasteiger partial charge in [0.25, 0.3) is 0 Å². The van der Waals surface area contributed by atoms with Gasteiger partial charge in [-0.1, -0.05) is 18.2 Å². The van der Waals surface area contributed by atoms with Gasteiger partial charge in [0.2, 0.25) is 11.6 Å². The van der Waals surface area contributed by atoms with Gasteiger partial charge in [-0.05, 0) is 26.0 Å². The van der Waals surface area contributed by atoms with Crippen LogP contribution in [0.3, 0.4) is 0 Å². The molecule has 2 heterocycles. The Hall–Kier alpha value is -3.29. The van der Waals surface area contributed by atoms with Gasteiger partial charge in [0.15, 0.2) is 0 Å². The first-order valence-electron chi connectivity index (χ1n) is 8.00. The normalized spacial score (nSPS) is 10.6. The highest BCUT2D eigenvalue weighted by Crippen LogP contribution is 2.34. The number of nitrogens with zero attached hydrogens (tertiary/aromatic N) is 5. The maximum Gasteiger partial charge on any atom is 0.353 e. The summed E-state index contributed by atoms with van der Waals surface area (Å²) in [5, 5.41) is 15.7. The highest BCUT2D eigenvalue weighted by atomic mass is 16.6. The van der Waals surface area contributed by atoms with Crippen LogP contribution >= 0.6 is 0 Å². The summed E-state index contributed by atoms with van der Waals surface area (Å²) in [6.45, 7) is 5.08. The largest absolute Gasteiger partial charge is 0.353 e. The van der Waals surface area contributed by atoms with Crippen molar-refractivity contribution in [2.24, 2.45) is 0 Å². The van der Waals surface area contributed by atoms with E-state index in [1.54, 1.807) is 6.20 Å². The summed E-state index contributed by atoms with van der Waals surface area (Å²) >= 11 is 0. The van der Waals surface area contributed by atoms with Crippen LogP contribution in [0.2, 0.25) is 0 Å². The van der Waals surface area contributed by atoms with Crippen LogP contribution in [0.1, 0.15) is 13.8 Å². The van der Waals surface area contributed by atoms with Gasteiger partial charge in [-0.15, -0.1) is 0 Å². The van der Waals surface area contributed by atoms with E-state index in [0.717, 1.165) is 10.9 Å². The molecule has 0 bridgehead atoms. The third-order valence-electron chi connectivity index (χ3n) is 3.93. The second kappa shape index (κ2) is 7.08. The zero-order valence-corrected chi connectivity index (χ0v) is 14.0. The van der Waals surface area contributed by atoms with Crippen molar-refractivity contribution in [1.29, 1.82) is 0 Å². The Bertz CT molecular complexity index is 905. The number of aromatic nitrogens is 3. The lowest BCUT2D eigenvalue weighted by atomic mass is 10.2. The Balaban J connectivity index is 2.11. The number of para-hydroxylation sites is 1. The van der Waals surface area contributed by atoms with E-state index in [9.17, 15) is 10.1 Å². The topological polar surface area (TPSA) is 97.1 Å². The summed E-state index contributed by atoms with van der Waals surface area (Å²) in [5.74, 6) is 0.459. The number of fused-ring (bicyclic) bond motifs is 1. The average molecular weight is 338 g/mol. The number of nitro groups is 1. The van der Waals surface area contributed by atoms with Gasteiger partial charge < -0.3 is 10.2 Å². The molecular formula is C17H18N6O2. The van der Waals surface area contributed by atoms with Crippen LogP contribution in [-0.2, 0) is 0 Å². The van der Waals surface area contributed by atoms with Gasteiger partial charge in [0.05, 0.1) is 16.1 Å². The van der Waals surface area contributed by atoms with Gasteiger partial charge in [-0.3, -0.25) is 15.1 Å². The number of pyridine rings is 1. The first-order chi connectivity index (χ1) is 12.2. The van der Waals surface area contributed by atoms with Crippen molar-refractivity contribution in [2.75, 3.05) is 23.3 Å². The van der Waals surface area contributed by atoms with Crippen molar-refractivity contribution < 1.29 is 4.92 Å². The SMILES string of the molecule is CCN(CC)c1ncnc(Nc2cccc3cccnc23)c1[N+](=O)[O-]. The summed E-state index contributed by atoms with van der Waals surface area (Å²) in [4.78, 5) is 25.6. The maximum atomic E-state index is 11.7. The molecule has 0 aliphatic carbocycles. The molecule has 1 aromatic carbocycles. The highest BCUT2D eigenvalue weighted by molar-refractivity contribution is 5.92. The Kier molecular flexibility index (Phi) is 4.69. The summed E-state index contributed by atoms with van der Waals surface area (Å²) in [6, 6.07) is 9.40. The molecular weight excluding hydrogens is 320 g/mol. The summed E-state index contributed by atoms with van der Waals surface area (Å²) in [7, 11) is 0. The van der Waals surface area contributed by atoms with Crippen LogP contribution in [0.25, 0.3) is 10.9 Å². The van der Waals surface area contributed by atoms with Crippen molar-refractivity contribution in [3.8, 4) is 0 Å². The summed E-state index contributed by atoms with van der Waals surface area (Å²) < 4.78 is 0. The van der Waals surface area contributed by atoms with Crippen molar-refractivity contribution >= 4 is 33.9 Å². The molecule has 0 saturated heterocycles.